The molecule has 6 aromatic heterocycles. The Hall–Kier alpha value is -9.70. The number of nitrogens with zero attached hydrogens (tertiary/aromatic N) is 16. The minimum absolute atomic E-state index is 0.337. The van der Waals surface area contributed by atoms with Crippen LogP contribution in [0, 0.1) is 83.1 Å². The van der Waals surface area contributed by atoms with Crippen LogP contribution in [0.2, 0.25) is 0 Å². The first-order valence-electron chi connectivity index (χ1n) is 38.8. The van der Waals surface area contributed by atoms with Crippen LogP contribution in [0.1, 0.15) is 191 Å². The predicted molar refractivity (Wildman–Crippen MR) is 455 cm³/mol. The number of rotatable bonds is 4. The first kappa shape index (κ1) is 90.5. The van der Waals surface area contributed by atoms with E-state index in [1.54, 1.807) is 0 Å². The molecule has 2 atom stereocenters. The second kappa shape index (κ2) is 41.9. The Kier molecular flexibility index (Phi) is 35.7. The molecule has 0 N–H and O–H groups in total. The molecular formula is C90H137N16+3. The van der Waals surface area contributed by atoms with Crippen molar-refractivity contribution < 1.29 is 13.7 Å². The van der Waals surface area contributed by atoms with E-state index >= 15 is 0 Å². The number of pyridine rings is 2. The first-order chi connectivity index (χ1) is 50.7. The number of para-hydroxylation sites is 2. The third-order valence-corrected chi connectivity index (χ3v) is 19.8. The molecule has 574 valence electrons. The summed E-state index contributed by atoms with van der Waals surface area (Å²) >= 11 is 0. The van der Waals surface area contributed by atoms with Crippen molar-refractivity contribution in [3.8, 4) is 45.3 Å². The molecule has 3 aliphatic heterocycles. The minimum atomic E-state index is 0.337. The third kappa shape index (κ3) is 18.7. The number of aryl methyl sites for hydroxylation is 12. The largest absolute Gasteiger partial charge is 0.359 e. The van der Waals surface area contributed by atoms with Crippen LogP contribution in [0.5, 0.6) is 0 Å². The highest BCUT2D eigenvalue weighted by atomic mass is 15.4. The fraction of sp³-hybridized carbons (Fsp3) is 0.444. The summed E-state index contributed by atoms with van der Waals surface area (Å²) in [6, 6.07) is 32.4. The molecule has 0 spiro atoms. The van der Waals surface area contributed by atoms with E-state index in [1.165, 1.54) is 117 Å². The van der Waals surface area contributed by atoms with Gasteiger partial charge < -0.3 is 24.2 Å². The van der Waals surface area contributed by atoms with E-state index in [9.17, 15) is 0 Å². The lowest BCUT2D eigenvalue weighted by Crippen LogP contribution is -2.37. The van der Waals surface area contributed by atoms with Crippen molar-refractivity contribution >= 4 is 38.9 Å². The van der Waals surface area contributed by atoms with Crippen LogP contribution in [0.25, 0.3) is 72.8 Å². The third-order valence-electron chi connectivity index (χ3n) is 19.8. The molecule has 0 saturated carbocycles. The molecule has 0 aliphatic carbocycles. The van der Waals surface area contributed by atoms with E-state index in [1.807, 2.05) is 211 Å². The number of benzene rings is 5. The molecule has 14 rings (SSSR count). The number of hydrogen-bond donors (Lipinski definition) is 0. The normalized spacial score (nSPS) is 13.0. The smallest absolute Gasteiger partial charge is 0.274 e. The van der Waals surface area contributed by atoms with E-state index in [-0.39, 0.29) is 0 Å². The maximum atomic E-state index is 4.41. The molecule has 16 nitrogen and oxygen atoms in total. The molecule has 5 aromatic carbocycles. The van der Waals surface area contributed by atoms with Crippen LogP contribution in [0.15, 0.2) is 134 Å². The Morgan fingerprint density at radius 1 is 0.377 bits per heavy atom. The van der Waals surface area contributed by atoms with Crippen LogP contribution in [-0.2, 0) is 49.3 Å². The van der Waals surface area contributed by atoms with Crippen LogP contribution < -0.4 is 23.5 Å². The van der Waals surface area contributed by atoms with Gasteiger partial charge in [-0.15, -0.1) is 14.0 Å². The summed E-state index contributed by atoms with van der Waals surface area (Å²) in [5, 5.41) is 15.8. The van der Waals surface area contributed by atoms with Crippen molar-refractivity contribution in [3.63, 3.8) is 0 Å². The maximum absolute atomic E-state index is 4.41. The number of fused-ring (bicyclic) bond motifs is 9. The van der Waals surface area contributed by atoms with Gasteiger partial charge in [0.25, 0.3) is 34.9 Å². The SMILES string of the molecule is CC.CC.CC.CC.CC.CC.CC.CC1=C2c3c(C)c(C)c(C)c(C)c3-c3cccc(C)c3N2C(C)N1C.Cc1cc2c(cc1N1C=CN(C)C1C)c1ccccc1n2C.Cc1ccccc1-c1n(C)nc(C)[n+]1C.Cc1ccncc1-c1n(C)nc(C)[n+]1C.Cc1cnccc1-c1n(C)nc(C)[n+]1C. The van der Waals surface area contributed by atoms with Gasteiger partial charge in [-0.2, -0.15) is 0 Å². The van der Waals surface area contributed by atoms with Crippen molar-refractivity contribution in [2.75, 3.05) is 23.9 Å². The lowest BCUT2D eigenvalue weighted by molar-refractivity contribution is -0.667. The van der Waals surface area contributed by atoms with Gasteiger partial charge >= 0.3 is 0 Å². The van der Waals surface area contributed by atoms with Crippen LogP contribution >= 0.6 is 0 Å². The van der Waals surface area contributed by atoms with Gasteiger partial charge in [0, 0.05) is 139 Å². The van der Waals surface area contributed by atoms with Crippen molar-refractivity contribution in [2.45, 2.75) is 213 Å². The number of hydrogen-bond acceptors (Lipinski definition) is 9. The number of aromatic nitrogens is 12. The molecule has 3 aliphatic rings. The zero-order valence-corrected chi connectivity index (χ0v) is 72.9. The zero-order chi connectivity index (χ0) is 80.6. The maximum Gasteiger partial charge on any atom is 0.274 e. The van der Waals surface area contributed by atoms with Gasteiger partial charge in [0.1, 0.15) is 12.3 Å². The highest BCUT2D eigenvalue weighted by Gasteiger charge is 2.41. The van der Waals surface area contributed by atoms with Crippen molar-refractivity contribution in [1.82, 2.24) is 53.7 Å². The van der Waals surface area contributed by atoms with Crippen molar-refractivity contribution in [3.05, 3.63) is 207 Å². The summed E-state index contributed by atoms with van der Waals surface area (Å²) in [5.41, 5.74) is 27.8. The van der Waals surface area contributed by atoms with Crippen LogP contribution in [0.4, 0.5) is 11.4 Å². The van der Waals surface area contributed by atoms with Gasteiger partial charge in [-0.25, -0.2) is 13.7 Å². The second-order valence-electron chi connectivity index (χ2n) is 25.4. The van der Waals surface area contributed by atoms with Crippen LogP contribution in [-0.4, -0.2) is 80.1 Å². The molecule has 0 radical (unpaired) electrons. The topological polar surface area (TPSA) is 109 Å². The summed E-state index contributed by atoms with van der Waals surface area (Å²) in [4.78, 5) is 17.8. The Bertz CT molecular complexity index is 4480. The van der Waals surface area contributed by atoms with E-state index in [0.29, 0.717) is 12.3 Å². The second-order valence-corrected chi connectivity index (χ2v) is 25.4. The Balaban J connectivity index is 0.000000334. The molecule has 0 saturated heterocycles. The fourth-order valence-corrected chi connectivity index (χ4v) is 13.6. The molecule has 0 bridgehead atoms. The summed E-state index contributed by atoms with van der Waals surface area (Å²) in [6.07, 6.45) is 12.4. The fourth-order valence-electron chi connectivity index (χ4n) is 13.6. The molecule has 16 heteroatoms. The molecule has 0 fully saturated rings. The number of allylic oxidation sites excluding steroid dienone is 1. The van der Waals surface area contributed by atoms with Gasteiger partial charge in [-0.1, -0.05) is 152 Å². The van der Waals surface area contributed by atoms with Crippen LogP contribution in [0.3, 0.4) is 0 Å². The Morgan fingerprint density at radius 2 is 0.821 bits per heavy atom. The van der Waals surface area contributed by atoms with Gasteiger partial charge in [-0.05, 0) is 175 Å². The van der Waals surface area contributed by atoms with Gasteiger partial charge in [0.15, 0.2) is 0 Å². The Labute approximate surface area is 641 Å². The average molecular weight is 1440 g/mol. The summed E-state index contributed by atoms with van der Waals surface area (Å²) < 4.78 is 14.3. The Morgan fingerprint density at radius 3 is 1.30 bits per heavy atom. The van der Waals surface area contributed by atoms with Gasteiger partial charge in [0.05, 0.1) is 70.4 Å². The lowest BCUT2D eigenvalue weighted by Gasteiger charge is -2.38. The monoisotopic (exact) mass is 1440 g/mol. The molecule has 2 unspecified atom stereocenters. The van der Waals surface area contributed by atoms with E-state index in [2.05, 4.69) is 259 Å². The average Bonchev–Trinajstić information content (AvgIpc) is 1.44. The highest BCUT2D eigenvalue weighted by Crippen LogP contribution is 2.54. The summed E-state index contributed by atoms with van der Waals surface area (Å²) in [7, 11) is 18.5. The lowest BCUT2D eigenvalue weighted by atomic mass is 9.80. The van der Waals surface area contributed by atoms with Gasteiger partial charge in [0.2, 0.25) is 0 Å². The van der Waals surface area contributed by atoms with Crippen molar-refractivity contribution in [1.29, 1.82) is 0 Å². The molecule has 11 aromatic rings. The van der Waals surface area contributed by atoms with E-state index in [0.717, 1.165) is 46.1 Å². The molecule has 9 heterocycles. The van der Waals surface area contributed by atoms with E-state index < -0.39 is 0 Å². The summed E-state index contributed by atoms with van der Waals surface area (Å²) in [5.74, 6) is 6.35. The first-order valence-corrected chi connectivity index (χ1v) is 38.8. The summed E-state index contributed by atoms with van der Waals surface area (Å²) in [6.45, 7) is 60.6. The molecule has 106 heavy (non-hydrogen) atoms. The highest BCUT2D eigenvalue weighted by molar-refractivity contribution is 6.09. The standard InChI is InChI=1S/C23H28N2.C19H21N3.C12H16N3.2C11H15N4.7C2H6/c1-12-10-9-11-19-20-15(4)13(2)14(3)16(5)21(20)23-17(6)24(8)18(7)25(23)22(12)19;1-13-11-19-16(15-7-5-6-8-17(15)21(19)4)12-18(13)22-10-9-20(3)14(22)2;1-9-7-5-6-8-11(9)12-14(3)10(2)13-15(12)4;1-8-7-12-6-5-10(8)11-14(3)9(2)13-15(11)4;1-8-5-6-12-7-10(8)11-14(3)9(2)13-15(11)4;7*1-2/h9-11,18H,1-8H3;5-12,14H,1-4H3;5-8H,1-4H3;2*5-7H,1-4H3;7*1-2H3/q;;3*+1;;;;;;;. The van der Waals surface area contributed by atoms with Gasteiger partial charge in [-0.3, -0.25) is 9.97 Å². The zero-order valence-electron chi connectivity index (χ0n) is 72.9. The van der Waals surface area contributed by atoms with E-state index in [4.69, 9.17) is 0 Å². The number of anilines is 2. The molecule has 0 amide bonds. The molecular weight excluding hydrogens is 1310 g/mol. The predicted octanol–water partition coefficient (Wildman–Crippen LogP) is 20.5. The quantitative estimate of drug-likeness (QED) is 0.159. The van der Waals surface area contributed by atoms with Crippen molar-refractivity contribution in [2.24, 2.45) is 49.3 Å². The minimum Gasteiger partial charge on any atom is -0.359 e.